The van der Waals surface area contributed by atoms with E-state index in [0.717, 1.165) is 10.0 Å². The van der Waals surface area contributed by atoms with Crippen molar-refractivity contribution in [2.75, 3.05) is 13.2 Å². The SMILES string of the molecule is CCC(Cc1ccccc1Br)C(=O)NC1(C(=O)O)CCOCC1. The molecular formula is C17H22BrNO4. The molecule has 1 amide bonds. The zero-order chi connectivity index (χ0) is 16.9. The first-order valence-electron chi connectivity index (χ1n) is 7.85. The number of halogens is 1. The summed E-state index contributed by atoms with van der Waals surface area (Å²) < 4.78 is 6.20. The fourth-order valence-electron chi connectivity index (χ4n) is 2.80. The van der Waals surface area contributed by atoms with Crippen molar-refractivity contribution in [2.45, 2.75) is 38.1 Å². The molecule has 1 aliphatic heterocycles. The van der Waals surface area contributed by atoms with Crippen molar-refractivity contribution in [3.8, 4) is 0 Å². The average Bonchev–Trinajstić information content (AvgIpc) is 2.54. The van der Waals surface area contributed by atoms with Crippen molar-refractivity contribution < 1.29 is 19.4 Å². The molecule has 1 aliphatic rings. The Labute approximate surface area is 144 Å². The van der Waals surface area contributed by atoms with E-state index in [1.165, 1.54) is 0 Å². The predicted octanol–water partition coefficient (Wildman–Crippen LogP) is 2.77. The third-order valence-corrected chi connectivity index (χ3v) is 5.18. The first-order chi connectivity index (χ1) is 11.0. The van der Waals surface area contributed by atoms with Gasteiger partial charge in [0, 0.05) is 36.4 Å². The second-order valence-electron chi connectivity index (χ2n) is 5.89. The van der Waals surface area contributed by atoms with Crippen LogP contribution in [0.5, 0.6) is 0 Å². The number of carboxylic acid groups (broad SMARTS) is 1. The van der Waals surface area contributed by atoms with Crippen LogP contribution in [-0.4, -0.2) is 35.7 Å². The maximum atomic E-state index is 12.6. The first kappa shape index (κ1) is 17.9. The third-order valence-electron chi connectivity index (χ3n) is 4.41. The largest absolute Gasteiger partial charge is 0.480 e. The molecule has 0 radical (unpaired) electrons. The fraction of sp³-hybridized carbons (Fsp3) is 0.529. The Bertz CT molecular complexity index is 569. The van der Waals surface area contributed by atoms with Crippen LogP contribution in [0.15, 0.2) is 28.7 Å². The highest BCUT2D eigenvalue weighted by Crippen LogP contribution is 2.25. The molecule has 1 aromatic carbocycles. The number of carbonyl (C=O) groups is 2. The molecule has 0 spiro atoms. The summed E-state index contributed by atoms with van der Waals surface area (Å²) >= 11 is 3.49. The average molecular weight is 384 g/mol. The van der Waals surface area contributed by atoms with Gasteiger partial charge in [-0.25, -0.2) is 4.79 Å². The minimum Gasteiger partial charge on any atom is -0.480 e. The lowest BCUT2D eigenvalue weighted by Crippen LogP contribution is -2.58. The molecule has 0 aromatic heterocycles. The Kier molecular flexibility index (Phi) is 6.18. The van der Waals surface area contributed by atoms with Crippen LogP contribution in [0.3, 0.4) is 0 Å². The molecule has 0 aliphatic carbocycles. The summed E-state index contributed by atoms with van der Waals surface area (Å²) in [5.41, 5.74) is -0.151. The van der Waals surface area contributed by atoms with E-state index in [1.54, 1.807) is 0 Å². The van der Waals surface area contributed by atoms with Gasteiger partial charge >= 0.3 is 5.97 Å². The van der Waals surface area contributed by atoms with Crippen molar-refractivity contribution in [3.05, 3.63) is 34.3 Å². The summed E-state index contributed by atoms with van der Waals surface area (Å²) in [6.07, 6.45) is 1.84. The van der Waals surface area contributed by atoms with Crippen LogP contribution in [0.4, 0.5) is 0 Å². The van der Waals surface area contributed by atoms with Crippen LogP contribution < -0.4 is 5.32 Å². The van der Waals surface area contributed by atoms with Crippen LogP contribution in [0.2, 0.25) is 0 Å². The van der Waals surface area contributed by atoms with E-state index in [-0.39, 0.29) is 11.8 Å². The summed E-state index contributed by atoms with van der Waals surface area (Å²) in [6.45, 7) is 2.65. The topological polar surface area (TPSA) is 75.6 Å². The van der Waals surface area contributed by atoms with E-state index in [1.807, 2.05) is 31.2 Å². The maximum absolute atomic E-state index is 12.6. The lowest BCUT2D eigenvalue weighted by molar-refractivity contribution is -0.152. The van der Waals surface area contributed by atoms with Gasteiger partial charge in [0.25, 0.3) is 0 Å². The molecule has 23 heavy (non-hydrogen) atoms. The van der Waals surface area contributed by atoms with Gasteiger partial charge in [0.2, 0.25) is 5.91 Å². The van der Waals surface area contributed by atoms with E-state index < -0.39 is 11.5 Å². The monoisotopic (exact) mass is 383 g/mol. The summed E-state index contributed by atoms with van der Waals surface area (Å²) in [4.78, 5) is 24.3. The number of carbonyl (C=O) groups excluding carboxylic acids is 1. The molecule has 1 atom stereocenters. The number of hydrogen-bond donors (Lipinski definition) is 2. The highest BCUT2D eigenvalue weighted by atomic mass is 79.9. The zero-order valence-corrected chi connectivity index (χ0v) is 14.8. The number of rotatable bonds is 6. The molecular weight excluding hydrogens is 362 g/mol. The van der Waals surface area contributed by atoms with Gasteiger partial charge in [0.15, 0.2) is 0 Å². The molecule has 6 heteroatoms. The van der Waals surface area contributed by atoms with E-state index >= 15 is 0 Å². The number of hydrogen-bond acceptors (Lipinski definition) is 3. The molecule has 2 N–H and O–H groups in total. The van der Waals surface area contributed by atoms with Crippen LogP contribution in [0.1, 0.15) is 31.7 Å². The standard InChI is InChI=1S/C17H22BrNO4/c1-2-12(11-13-5-3-4-6-14(13)18)15(20)19-17(16(21)22)7-9-23-10-8-17/h3-6,12H,2,7-11H2,1H3,(H,19,20)(H,21,22). The number of amides is 1. The van der Waals surface area contributed by atoms with Crippen molar-refractivity contribution >= 4 is 27.8 Å². The van der Waals surface area contributed by atoms with Crippen LogP contribution >= 0.6 is 15.9 Å². The third kappa shape index (κ3) is 4.32. The van der Waals surface area contributed by atoms with Crippen molar-refractivity contribution in [1.82, 2.24) is 5.32 Å². The predicted molar refractivity (Wildman–Crippen MR) is 90.2 cm³/mol. The lowest BCUT2D eigenvalue weighted by atomic mass is 9.88. The quantitative estimate of drug-likeness (QED) is 0.791. The second kappa shape index (κ2) is 7.93. The molecule has 1 unspecified atom stereocenters. The highest BCUT2D eigenvalue weighted by Gasteiger charge is 2.42. The number of aliphatic carboxylic acids is 1. The van der Waals surface area contributed by atoms with Crippen LogP contribution in [0, 0.1) is 5.92 Å². The normalized spacial score (nSPS) is 18.2. The van der Waals surface area contributed by atoms with Crippen molar-refractivity contribution in [3.63, 3.8) is 0 Å². The van der Waals surface area contributed by atoms with Gasteiger partial charge in [-0.1, -0.05) is 41.1 Å². The lowest BCUT2D eigenvalue weighted by Gasteiger charge is -2.35. The van der Waals surface area contributed by atoms with E-state index in [2.05, 4.69) is 21.2 Å². The fourth-order valence-corrected chi connectivity index (χ4v) is 3.25. The first-order valence-corrected chi connectivity index (χ1v) is 8.64. The van der Waals surface area contributed by atoms with E-state index in [9.17, 15) is 14.7 Å². The molecule has 0 saturated carbocycles. The maximum Gasteiger partial charge on any atom is 0.329 e. The molecule has 1 aromatic rings. The Hall–Kier alpha value is -1.40. The van der Waals surface area contributed by atoms with Gasteiger partial charge in [-0.3, -0.25) is 4.79 Å². The number of ether oxygens (including phenoxy) is 1. The molecule has 0 bridgehead atoms. The molecule has 126 valence electrons. The van der Waals surface area contributed by atoms with Crippen molar-refractivity contribution in [1.29, 1.82) is 0 Å². The molecule has 5 nitrogen and oxygen atoms in total. The highest BCUT2D eigenvalue weighted by molar-refractivity contribution is 9.10. The van der Waals surface area contributed by atoms with Crippen LogP contribution in [-0.2, 0) is 20.7 Å². The molecule has 1 saturated heterocycles. The summed E-state index contributed by atoms with van der Waals surface area (Å²) in [6, 6.07) is 7.77. The minimum absolute atomic E-state index is 0.201. The molecule has 1 heterocycles. The second-order valence-corrected chi connectivity index (χ2v) is 6.74. The van der Waals surface area contributed by atoms with Crippen molar-refractivity contribution in [2.24, 2.45) is 5.92 Å². The summed E-state index contributed by atoms with van der Waals surface area (Å²) in [5.74, 6) is -1.44. The Morgan fingerprint density at radius 2 is 2.00 bits per heavy atom. The van der Waals surface area contributed by atoms with Gasteiger partial charge in [0.05, 0.1) is 0 Å². The smallest absolute Gasteiger partial charge is 0.329 e. The minimum atomic E-state index is -1.20. The summed E-state index contributed by atoms with van der Waals surface area (Å²) in [5, 5.41) is 12.3. The number of carboxylic acids is 1. The Morgan fingerprint density at radius 3 is 2.57 bits per heavy atom. The molecule has 2 rings (SSSR count). The molecule has 1 fully saturated rings. The number of benzene rings is 1. The van der Waals surface area contributed by atoms with Gasteiger partial charge in [-0.05, 0) is 24.5 Å². The Morgan fingerprint density at radius 1 is 1.35 bits per heavy atom. The van der Waals surface area contributed by atoms with Gasteiger partial charge in [0.1, 0.15) is 5.54 Å². The van der Waals surface area contributed by atoms with Gasteiger partial charge in [-0.15, -0.1) is 0 Å². The van der Waals surface area contributed by atoms with Gasteiger partial charge < -0.3 is 15.2 Å². The van der Waals surface area contributed by atoms with E-state index in [0.29, 0.717) is 38.9 Å². The van der Waals surface area contributed by atoms with Gasteiger partial charge in [-0.2, -0.15) is 0 Å². The van der Waals surface area contributed by atoms with Crippen LogP contribution in [0.25, 0.3) is 0 Å². The summed E-state index contributed by atoms with van der Waals surface area (Å²) in [7, 11) is 0. The Balaban J connectivity index is 2.10. The zero-order valence-electron chi connectivity index (χ0n) is 13.2. The number of nitrogens with one attached hydrogen (secondary N) is 1. The van der Waals surface area contributed by atoms with E-state index in [4.69, 9.17) is 4.74 Å².